The van der Waals surface area contributed by atoms with Gasteiger partial charge in [0.15, 0.2) is 17.3 Å². The summed E-state index contributed by atoms with van der Waals surface area (Å²) in [5.74, 6) is 0.508. The molecule has 11 nitrogen and oxygen atoms in total. The van der Waals surface area contributed by atoms with E-state index in [0.717, 1.165) is 0 Å². The number of carbonyl (C=O) groups excluding carboxylic acids is 1. The fourth-order valence-electron chi connectivity index (χ4n) is 3.74. The molecule has 0 spiro atoms. The molecule has 32 heavy (non-hydrogen) atoms. The van der Waals surface area contributed by atoms with E-state index in [1.165, 1.54) is 10.9 Å². The molecular weight excluding hydrogens is 410 g/mol. The van der Waals surface area contributed by atoms with Gasteiger partial charge in [0.1, 0.15) is 5.60 Å². The third kappa shape index (κ3) is 3.24. The van der Waals surface area contributed by atoms with Crippen LogP contribution in [0, 0.1) is 0 Å². The van der Waals surface area contributed by atoms with E-state index in [-0.39, 0.29) is 29.4 Å². The Morgan fingerprint density at radius 2 is 1.91 bits per heavy atom. The van der Waals surface area contributed by atoms with Crippen LogP contribution in [0.5, 0.6) is 0 Å². The summed E-state index contributed by atoms with van der Waals surface area (Å²) in [7, 11) is 0. The third-order valence-corrected chi connectivity index (χ3v) is 5.52. The van der Waals surface area contributed by atoms with Crippen molar-refractivity contribution in [1.29, 1.82) is 0 Å². The van der Waals surface area contributed by atoms with Crippen LogP contribution >= 0.6 is 0 Å². The summed E-state index contributed by atoms with van der Waals surface area (Å²) in [6.45, 7) is 2.57. The van der Waals surface area contributed by atoms with Crippen LogP contribution in [-0.4, -0.2) is 64.8 Å². The van der Waals surface area contributed by atoms with Crippen molar-refractivity contribution in [2.75, 3.05) is 18.8 Å². The second-order valence-electron chi connectivity index (χ2n) is 7.88. The van der Waals surface area contributed by atoms with Gasteiger partial charge in [0.25, 0.3) is 5.91 Å². The molecule has 1 amide bonds. The first-order valence-electron chi connectivity index (χ1n) is 10.0. The van der Waals surface area contributed by atoms with E-state index in [0.29, 0.717) is 35.4 Å². The summed E-state index contributed by atoms with van der Waals surface area (Å²) in [6, 6.07) is 8.52. The van der Waals surface area contributed by atoms with Crippen LogP contribution in [0.1, 0.15) is 28.8 Å². The fourth-order valence-corrected chi connectivity index (χ4v) is 3.74. The van der Waals surface area contributed by atoms with Crippen LogP contribution in [0.25, 0.3) is 16.7 Å². The van der Waals surface area contributed by atoms with Gasteiger partial charge >= 0.3 is 0 Å². The second kappa shape index (κ2) is 7.32. The van der Waals surface area contributed by atoms with Crippen LogP contribution in [-0.2, 0) is 5.60 Å². The van der Waals surface area contributed by atoms with E-state index in [9.17, 15) is 9.90 Å². The number of anilines is 1. The highest BCUT2D eigenvalue weighted by Gasteiger charge is 2.33. The molecule has 11 heteroatoms. The predicted octanol–water partition coefficient (Wildman–Crippen LogP) is 0.227. The van der Waals surface area contributed by atoms with Crippen molar-refractivity contribution in [2.45, 2.75) is 18.6 Å². The van der Waals surface area contributed by atoms with Crippen molar-refractivity contribution < 1.29 is 9.90 Å². The average molecular weight is 431 g/mol. The normalized spacial score (nSPS) is 16.0. The maximum Gasteiger partial charge on any atom is 0.275 e. The number of fused-ring (bicyclic) bond motifs is 1. The Kier molecular flexibility index (Phi) is 4.57. The lowest BCUT2D eigenvalue weighted by molar-refractivity contribution is 0.0603. The van der Waals surface area contributed by atoms with E-state index < -0.39 is 5.60 Å². The van der Waals surface area contributed by atoms with Crippen molar-refractivity contribution in [1.82, 2.24) is 34.6 Å². The number of nitrogens with zero attached hydrogens (tertiary/aromatic N) is 7. The summed E-state index contributed by atoms with van der Waals surface area (Å²) in [5.41, 5.74) is 11.5. The number of aliphatic hydroxyl groups is 1. The van der Waals surface area contributed by atoms with Crippen molar-refractivity contribution in [3.05, 3.63) is 66.0 Å². The minimum Gasteiger partial charge on any atom is -0.377 e. The number of rotatable bonds is 4. The maximum atomic E-state index is 13.1. The minimum atomic E-state index is -1.47. The number of nitrogens with two attached hydrogens (primary N) is 2. The molecule has 0 radical (unpaired) electrons. The number of benzene rings is 1. The SMILES string of the molecule is CC(O)(c1ccc2c(C(=O)N3CC(N)C3)nn(-c3ccnc(N)n3)c2c1)c1ncccn1. The van der Waals surface area contributed by atoms with Crippen LogP contribution in [0.4, 0.5) is 5.95 Å². The standard InChI is InChI=1S/C21H21N9O2/c1-21(32,19-24-6-2-7-25-19)12-3-4-14-15(9-12)30(16-5-8-26-20(23)27-16)28-17(14)18(31)29-10-13(22)11-29/h2-9,13,32H,10-11,22H2,1H3,(H2,23,26,27). The molecule has 0 aliphatic carbocycles. The molecule has 162 valence electrons. The highest BCUT2D eigenvalue weighted by Crippen LogP contribution is 2.31. The maximum absolute atomic E-state index is 13.1. The zero-order valence-electron chi connectivity index (χ0n) is 17.3. The van der Waals surface area contributed by atoms with E-state index in [2.05, 4.69) is 25.0 Å². The van der Waals surface area contributed by atoms with Gasteiger partial charge in [-0.25, -0.2) is 19.6 Å². The molecule has 0 saturated carbocycles. The van der Waals surface area contributed by atoms with Crippen LogP contribution in [0.2, 0.25) is 0 Å². The van der Waals surface area contributed by atoms with E-state index in [1.54, 1.807) is 54.5 Å². The molecule has 1 aromatic carbocycles. The Morgan fingerprint density at radius 3 is 2.59 bits per heavy atom. The highest BCUT2D eigenvalue weighted by molar-refractivity contribution is 6.05. The molecule has 1 unspecified atom stereocenters. The van der Waals surface area contributed by atoms with Gasteiger partial charge in [-0.2, -0.15) is 10.1 Å². The largest absolute Gasteiger partial charge is 0.377 e. The minimum absolute atomic E-state index is 0.0264. The van der Waals surface area contributed by atoms with E-state index in [4.69, 9.17) is 11.5 Å². The summed E-state index contributed by atoms with van der Waals surface area (Å²) in [5, 5.41) is 16.4. The molecule has 1 atom stereocenters. The topological polar surface area (TPSA) is 162 Å². The summed E-state index contributed by atoms with van der Waals surface area (Å²) < 4.78 is 1.52. The van der Waals surface area contributed by atoms with Crippen LogP contribution in [0.3, 0.4) is 0 Å². The van der Waals surface area contributed by atoms with Gasteiger partial charge in [-0.15, -0.1) is 0 Å². The zero-order valence-corrected chi connectivity index (χ0v) is 17.3. The van der Waals surface area contributed by atoms with Gasteiger partial charge in [0.05, 0.1) is 5.52 Å². The number of hydrogen-bond donors (Lipinski definition) is 3. The van der Waals surface area contributed by atoms with E-state index >= 15 is 0 Å². The molecule has 4 aromatic rings. The Balaban J connectivity index is 1.68. The lowest BCUT2D eigenvalue weighted by Crippen LogP contribution is -2.57. The molecule has 3 aromatic heterocycles. The fraction of sp³-hybridized carbons (Fsp3) is 0.238. The van der Waals surface area contributed by atoms with Crippen molar-refractivity contribution >= 4 is 22.8 Å². The van der Waals surface area contributed by atoms with Crippen molar-refractivity contribution in [3.63, 3.8) is 0 Å². The molecule has 4 heterocycles. The molecule has 1 saturated heterocycles. The molecule has 1 fully saturated rings. The lowest BCUT2D eigenvalue weighted by atomic mass is 9.93. The van der Waals surface area contributed by atoms with Crippen LogP contribution < -0.4 is 11.5 Å². The first-order chi connectivity index (χ1) is 15.3. The predicted molar refractivity (Wildman–Crippen MR) is 116 cm³/mol. The Morgan fingerprint density at radius 1 is 1.16 bits per heavy atom. The Bertz CT molecular complexity index is 1310. The molecule has 1 aliphatic rings. The van der Waals surface area contributed by atoms with Crippen molar-refractivity contribution in [3.8, 4) is 5.82 Å². The summed E-state index contributed by atoms with van der Waals surface area (Å²) in [4.78, 5) is 31.3. The van der Waals surface area contributed by atoms with Crippen molar-refractivity contribution in [2.24, 2.45) is 5.73 Å². The lowest BCUT2D eigenvalue weighted by Gasteiger charge is -2.36. The molecule has 0 bridgehead atoms. The van der Waals surface area contributed by atoms with Gasteiger partial charge in [-0.3, -0.25) is 4.79 Å². The molecule has 5 N–H and O–H groups in total. The number of likely N-dealkylation sites (tertiary alicyclic amines) is 1. The number of aromatic nitrogens is 6. The summed E-state index contributed by atoms with van der Waals surface area (Å²) in [6.07, 6.45) is 4.65. The average Bonchev–Trinajstić information content (AvgIpc) is 3.16. The third-order valence-electron chi connectivity index (χ3n) is 5.52. The van der Waals surface area contributed by atoms with Gasteiger partial charge in [-0.1, -0.05) is 6.07 Å². The summed E-state index contributed by atoms with van der Waals surface area (Å²) >= 11 is 0. The number of nitrogen functional groups attached to an aromatic ring is 1. The first-order valence-corrected chi connectivity index (χ1v) is 10.0. The Labute approximate surface area is 182 Å². The van der Waals surface area contributed by atoms with Gasteiger partial charge in [0, 0.05) is 49.2 Å². The quantitative estimate of drug-likeness (QED) is 0.410. The molecule has 1 aliphatic heterocycles. The first kappa shape index (κ1) is 20.0. The molecular formula is C21H21N9O2. The Hall–Kier alpha value is -3.96. The highest BCUT2D eigenvalue weighted by atomic mass is 16.3. The second-order valence-corrected chi connectivity index (χ2v) is 7.88. The molecule has 5 rings (SSSR count). The number of hydrogen-bond acceptors (Lipinski definition) is 9. The number of amides is 1. The zero-order chi connectivity index (χ0) is 22.5. The van der Waals surface area contributed by atoms with Gasteiger partial charge < -0.3 is 21.5 Å². The van der Waals surface area contributed by atoms with Crippen LogP contribution in [0.15, 0.2) is 48.9 Å². The van der Waals surface area contributed by atoms with Gasteiger partial charge in [0.2, 0.25) is 5.95 Å². The number of carbonyl (C=O) groups is 1. The monoisotopic (exact) mass is 431 g/mol. The smallest absolute Gasteiger partial charge is 0.275 e. The van der Waals surface area contributed by atoms with Gasteiger partial charge in [-0.05, 0) is 30.7 Å². The van der Waals surface area contributed by atoms with E-state index in [1.807, 2.05) is 0 Å².